The highest BCUT2D eigenvalue weighted by atomic mass is 35.5. The molecular formula is C26H38Cl2N10. The first kappa shape index (κ1) is 30.7. The highest BCUT2D eigenvalue weighted by molar-refractivity contribution is 6.31. The topological polar surface area (TPSA) is 132 Å². The van der Waals surface area contributed by atoms with Crippen molar-refractivity contribution in [3.8, 4) is 0 Å². The zero-order valence-electron chi connectivity index (χ0n) is 22.5. The SMILES string of the molecule is CN(C)C(=NCCCCCCN=C(/N=C(\N)Nc1ccc(Cl)cc1)N(C)C)/N=C(/N)Nc1ccc(Cl)cc1. The Balaban J connectivity index is 1.77. The van der Waals surface area contributed by atoms with Crippen molar-refractivity contribution in [1.82, 2.24) is 9.80 Å². The van der Waals surface area contributed by atoms with Crippen LogP contribution in [0.5, 0.6) is 0 Å². The van der Waals surface area contributed by atoms with Crippen molar-refractivity contribution in [2.24, 2.45) is 31.4 Å². The van der Waals surface area contributed by atoms with E-state index in [0.717, 1.165) is 37.1 Å². The van der Waals surface area contributed by atoms with Crippen LogP contribution in [0.2, 0.25) is 10.0 Å². The number of aliphatic imine (C=N–C) groups is 4. The van der Waals surface area contributed by atoms with Gasteiger partial charge in [-0.3, -0.25) is 9.98 Å². The normalized spacial score (nSPS) is 12.9. The molecule has 2 rings (SSSR count). The molecular weight excluding hydrogens is 523 g/mol. The Bertz CT molecular complexity index is 1020. The lowest BCUT2D eigenvalue weighted by molar-refractivity contribution is 0.595. The van der Waals surface area contributed by atoms with E-state index in [4.69, 9.17) is 34.7 Å². The Morgan fingerprint density at radius 2 is 0.974 bits per heavy atom. The number of hydrogen-bond donors (Lipinski definition) is 4. The molecule has 2 aromatic carbocycles. The number of nitrogens with zero attached hydrogens (tertiary/aromatic N) is 6. The van der Waals surface area contributed by atoms with Crippen LogP contribution in [0.1, 0.15) is 25.7 Å². The van der Waals surface area contributed by atoms with E-state index in [1.54, 1.807) is 24.3 Å². The number of nitrogens with two attached hydrogens (primary N) is 2. The summed E-state index contributed by atoms with van der Waals surface area (Å²) in [5.74, 6) is 1.65. The first-order valence-corrected chi connectivity index (χ1v) is 13.1. The molecule has 2 aromatic rings. The maximum atomic E-state index is 6.04. The molecule has 0 aliphatic rings. The molecule has 0 bridgehead atoms. The van der Waals surface area contributed by atoms with E-state index in [2.05, 4.69) is 30.6 Å². The lowest BCUT2D eigenvalue weighted by atomic mass is 10.2. The fourth-order valence-corrected chi connectivity index (χ4v) is 3.37. The molecule has 10 nitrogen and oxygen atoms in total. The summed E-state index contributed by atoms with van der Waals surface area (Å²) in [6, 6.07) is 14.5. The average molecular weight is 562 g/mol. The van der Waals surface area contributed by atoms with Crippen LogP contribution in [0, 0.1) is 0 Å². The summed E-state index contributed by atoms with van der Waals surface area (Å²) in [6.07, 6.45) is 3.95. The molecule has 0 aliphatic carbocycles. The highest BCUT2D eigenvalue weighted by Crippen LogP contribution is 2.14. The molecule has 0 fully saturated rings. The van der Waals surface area contributed by atoms with Crippen molar-refractivity contribution in [3.05, 3.63) is 58.6 Å². The van der Waals surface area contributed by atoms with Crippen molar-refractivity contribution in [2.45, 2.75) is 25.7 Å². The lowest BCUT2D eigenvalue weighted by Gasteiger charge is -2.13. The van der Waals surface area contributed by atoms with Crippen molar-refractivity contribution < 1.29 is 0 Å². The molecule has 206 valence electrons. The van der Waals surface area contributed by atoms with Crippen LogP contribution in [-0.4, -0.2) is 74.9 Å². The molecule has 38 heavy (non-hydrogen) atoms. The first-order valence-electron chi connectivity index (χ1n) is 12.3. The summed E-state index contributed by atoms with van der Waals surface area (Å²) in [5.41, 5.74) is 13.7. The van der Waals surface area contributed by atoms with Crippen molar-refractivity contribution in [2.75, 3.05) is 51.9 Å². The average Bonchev–Trinajstić information content (AvgIpc) is 2.86. The highest BCUT2D eigenvalue weighted by Gasteiger charge is 2.04. The summed E-state index contributed by atoms with van der Waals surface area (Å²) in [4.78, 5) is 21.7. The van der Waals surface area contributed by atoms with Crippen LogP contribution in [0.3, 0.4) is 0 Å². The number of nitrogens with one attached hydrogen (secondary N) is 2. The quantitative estimate of drug-likeness (QED) is 0.202. The van der Waals surface area contributed by atoms with Gasteiger partial charge in [0.1, 0.15) is 0 Å². The molecule has 0 aromatic heterocycles. The van der Waals surface area contributed by atoms with E-state index in [1.807, 2.05) is 62.3 Å². The largest absolute Gasteiger partial charge is 0.369 e. The Morgan fingerprint density at radius 1 is 0.632 bits per heavy atom. The van der Waals surface area contributed by atoms with E-state index in [0.29, 0.717) is 35.1 Å². The van der Waals surface area contributed by atoms with Crippen LogP contribution in [-0.2, 0) is 0 Å². The summed E-state index contributed by atoms with van der Waals surface area (Å²) < 4.78 is 0. The number of benzene rings is 2. The maximum absolute atomic E-state index is 6.04. The first-order chi connectivity index (χ1) is 18.1. The van der Waals surface area contributed by atoms with Gasteiger partial charge in [-0.2, -0.15) is 9.98 Å². The van der Waals surface area contributed by atoms with E-state index < -0.39 is 0 Å². The minimum absolute atomic E-state index is 0.265. The van der Waals surface area contributed by atoms with Gasteiger partial charge >= 0.3 is 0 Å². The van der Waals surface area contributed by atoms with E-state index in [9.17, 15) is 0 Å². The standard InChI is InChI=1S/C26H38Cl2N10/c1-37(2)25(35-23(29)33-21-13-9-19(27)10-14-21)31-17-7-5-6-8-18-32-26(38(3)4)36-24(30)34-22-15-11-20(28)12-16-22/h9-16H,5-8,17-18H2,1-4H3,(H3,29,31,33,35)(H3,30,32,34,36). The monoisotopic (exact) mass is 560 g/mol. The van der Waals surface area contributed by atoms with E-state index in [-0.39, 0.29) is 11.9 Å². The third-order valence-electron chi connectivity index (χ3n) is 5.05. The summed E-state index contributed by atoms with van der Waals surface area (Å²) in [5, 5.41) is 7.40. The number of hydrogen-bond acceptors (Lipinski definition) is 2. The minimum Gasteiger partial charge on any atom is -0.369 e. The Kier molecular flexibility index (Phi) is 13.2. The van der Waals surface area contributed by atoms with Crippen molar-refractivity contribution in [3.63, 3.8) is 0 Å². The molecule has 6 N–H and O–H groups in total. The second-order valence-electron chi connectivity index (χ2n) is 8.82. The van der Waals surface area contributed by atoms with Crippen molar-refractivity contribution in [1.29, 1.82) is 0 Å². The van der Waals surface area contributed by atoms with Crippen LogP contribution in [0.25, 0.3) is 0 Å². The fraction of sp³-hybridized carbons (Fsp3) is 0.385. The lowest BCUT2D eigenvalue weighted by Crippen LogP contribution is -2.29. The van der Waals surface area contributed by atoms with E-state index >= 15 is 0 Å². The minimum atomic E-state index is 0.265. The molecule has 0 saturated carbocycles. The molecule has 0 spiro atoms. The molecule has 0 aliphatic heterocycles. The van der Waals surface area contributed by atoms with Gasteiger partial charge in [-0.05, 0) is 61.4 Å². The van der Waals surface area contributed by atoms with Gasteiger partial charge in [0.15, 0.2) is 0 Å². The number of halogens is 2. The molecule has 0 radical (unpaired) electrons. The Labute approximate surface area is 235 Å². The summed E-state index contributed by atoms with van der Waals surface area (Å²) in [6.45, 7) is 1.32. The van der Waals surface area contributed by atoms with Crippen LogP contribution >= 0.6 is 23.2 Å². The number of rotatable bonds is 9. The molecule has 12 heteroatoms. The third-order valence-corrected chi connectivity index (χ3v) is 5.55. The zero-order chi connectivity index (χ0) is 27.9. The Hall–Kier alpha value is -3.50. The van der Waals surface area contributed by atoms with Crippen LogP contribution in [0.15, 0.2) is 68.5 Å². The van der Waals surface area contributed by atoms with Gasteiger partial charge in [0, 0.05) is 62.7 Å². The van der Waals surface area contributed by atoms with Gasteiger partial charge in [-0.25, -0.2) is 0 Å². The molecule has 0 amide bonds. The van der Waals surface area contributed by atoms with Gasteiger partial charge < -0.3 is 31.9 Å². The molecule has 0 heterocycles. The number of guanidine groups is 4. The maximum Gasteiger partial charge on any atom is 0.223 e. The molecule has 0 unspecified atom stereocenters. The third kappa shape index (κ3) is 12.2. The smallest absolute Gasteiger partial charge is 0.223 e. The van der Waals surface area contributed by atoms with E-state index in [1.165, 1.54) is 0 Å². The molecule has 0 atom stereocenters. The zero-order valence-corrected chi connectivity index (χ0v) is 24.0. The second kappa shape index (κ2) is 16.4. The Morgan fingerprint density at radius 3 is 1.29 bits per heavy atom. The number of anilines is 2. The fourth-order valence-electron chi connectivity index (χ4n) is 3.12. The van der Waals surface area contributed by atoms with Gasteiger partial charge in [0.2, 0.25) is 23.8 Å². The predicted octanol–water partition coefficient (Wildman–Crippen LogP) is 4.54. The van der Waals surface area contributed by atoms with Crippen LogP contribution in [0.4, 0.5) is 11.4 Å². The van der Waals surface area contributed by atoms with Gasteiger partial charge in [0.05, 0.1) is 0 Å². The summed E-state index contributed by atoms with van der Waals surface area (Å²) >= 11 is 11.8. The predicted molar refractivity (Wildman–Crippen MR) is 164 cm³/mol. The van der Waals surface area contributed by atoms with Crippen LogP contribution < -0.4 is 22.1 Å². The second-order valence-corrected chi connectivity index (χ2v) is 9.70. The van der Waals surface area contributed by atoms with Gasteiger partial charge in [0.25, 0.3) is 0 Å². The summed E-state index contributed by atoms with van der Waals surface area (Å²) in [7, 11) is 7.55. The van der Waals surface area contributed by atoms with Gasteiger partial charge in [-0.1, -0.05) is 36.0 Å². The molecule has 0 saturated heterocycles. The van der Waals surface area contributed by atoms with Gasteiger partial charge in [-0.15, -0.1) is 0 Å². The van der Waals surface area contributed by atoms with Crippen molar-refractivity contribution >= 4 is 58.4 Å². The number of unbranched alkanes of at least 4 members (excludes halogenated alkanes) is 3.